The minimum absolute atomic E-state index is 0.0904. The Kier molecular flexibility index (Phi) is 4.10. The van der Waals surface area contributed by atoms with Gasteiger partial charge in [-0.25, -0.2) is 8.42 Å². The summed E-state index contributed by atoms with van der Waals surface area (Å²) in [6.07, 6.45) is -3.91. The Labute approximate surface area is 132 Å². The largest absolute Gasteiger partial charge is 0.405 e. The molecular weight excluding hydrogens is 327 g/mol. The van der Waals surface area contributed by atoms with Gasteiger partial charge in [0.25, 0.3) is 0 Å². The zero-order valence-corrected chi connectivity index (χ0v) is 13.1. The van der Waals surface area contributed by atoms with E-state index in [0.717, 1.165) is 5.39 Å². The molecule has 0 saturated carbocycles. The van der Waals surface area contributed by atoms with Crippen LogP contribution in [-0.4, -0.2) is 31.5 Å². The molecule has 23 heavy (non-hydrogen) atoms. The molecule has 3 rings (SSSR count). The zero-order valence-electron chi connectivity index (χ0n) is 12.3. The number of fused-ring (bicyclic) bond motifs is 1. The summed E-state index contributed by atoms with van der Waals surface area (Å²) in [5.41, 5.74) is 0. The summed E-state index contributed by atoms with van der Waals surface area (Å²) in [6, 6.07) is 9.64. The van der Waals surface area contributed by atoms with Crippen molar-refractivity contribution in [2.75, 3.05) is 6.54 Å². The summed E-state index contributed by atoms with van der Waals surface area (Å²) in [5.74, 6) is 0. The topological polar surface area (TPSA) is 37.4 Å². The monoisotopic (exact) mass is 343 g/mol. The van der Waals surface area contributed by atoms with Crippen LogP contribution in [0.5, 0.6) is 0 Å². The number of sulfonamides is 1. The molecule has 7 heteroatoms. The van der Waals surface area contributed by atoms with Crippen molar-refractivity contribution >= 4 is 20.8 Å². The molecule has 1 unspecified atom stereocenters. The normalized spacial score (nSPS) is 20.7. The van der Waals surface area contributed by atoms with E-state index in [-0.39, 0.29) is 17.9 Å². The predicted octanol–water partition coefficient (Wildman–Crippen LogP) is 3.95. The fourth-order valence-corrected chi connectivity index (χ4v) is 4.70. The molecule has 2 aromatic carbocycles. The van der Waals surface area contributed by atoms with E-state index >= 15 is 0 Å². The van der Waals surface area contributed by atoms with Crippen molar-refractivity contribution in [2.24, 2.45) is 0 Å². The molecule has 2 aromatic rings. The first-order valence-electron chi connectivity index (χ1n) is 7.37. The number of hydrogen-bond donors (Lipinski definition) is 0. The Morgan fingerprint density at radius 1 is 1.00 bits per heavy atom. The molecule has 1 atom stereocenters. The van der Waals surface area contributed by atoms with E-state index < -0.39 is 22.2 Å². The fourth-order valence-electron chi connectivity index (χ4n) is 2.98. The summed E-state index contributed by atoms with van der Waals surface area (Å²) in [5, 5.41) is 1.53. The second-order valence-corrected chi connectivity index (χ2v) is 7.57. The molecule has 0 radical (unpaired) electrons. The van der Waals surface area contributed by atoms with Crippen molar-refractivity contribution in [1.82, 2.24) is 4.31 Å². The molecule has 124 valence electrons. The molecule has 0 bridgehead atoms. The van der Waals surface area contributed by atoms with E-state index in [1.165, 1.54) is 12.1 Å². The second-order valence-electron chi connectivity index (χ2n) is 5.68. The first-order chi connectivity index (χ1) is 10.8. The highest BCUT2D eigenvalue weighted by molar-refractivity contribution is 7.89. The zero-order chi connectivity index (χ0) is 16.7. The van der Waals surface area contributed by atoms with E-state index in [4.69, 9.17) is 0 Å². The van der Waals surface area contributed by atoms with Gasteiger partial charge in [-0.2, -0.15) is 17.5 Å². The Morgan fingerprint density at radius 3 is 2.39 bits per heavy atom. The van der Waals surface area contributed by atoms with Crippen molar-refractivity contribution in [2.45, 2.75) is 36.4 Å². The lowest BCUT2D eigenvalue weighted by molar-refractivity contribution is -0.177. The van der Waals surface area contributed by atoms with Gasteiger partial charge >= 0.3 is 6.18 Å². The van der Waals surface area contributed by atoms with Crippen molar-refractivity contribution in [3.05, 3.63) is 42.5 Å². The molecule has 0 aromatic heterocycles. The third-order valence-electron chi connectivity index (χ3n) is 4.16. The SMILES string of the molecule is O=S(=O)(c1ccc2ccccc2c1)N1CCCCC1C(F)(F)F. The van der Waals surface area contributed by atoms with Crippen LogP contribution in [0.15, 0.2) is 47.4 Å². The molecule has 1 fully saturated rings. The maximum atomic E-state index is 13.2. The van der Waals surface area contributed by atoms with Crippen LogP contribution < -0.4 is 0 Å². The van der Waals surface area contributed by atoms with Gasteiger partial charge in [0.05, 0.1) is 4.90 Å². The molecular formula is C16H16F3NO2S. The summed E-state index contributed by atoms with van der Waals surface area (Å²) in [4.78, 5) is -0.0904. The standard InChI is InChI=1S/C16H16F3NO2S/c17-16(18,19)15-7-3-4-10-20(15)23(21,22)14-9-8-12-5-1-2-6-13(12)11-14/h1-2,5-6,8-9,11,15H,3-4,7,10H2. The molecule has 3 nitrogen and oxygen atoms in total. The molecule has 1 aliphatic rings. The third kappa shape index (κ3) is 3.07. The van der Waals surface area contributed by atoms with Gasteiger partial charge in [-0.1, -0.05) is 36.8 Å². The van der Waals surface area contributed by atoms with Crippen LogP contribution in [0.1, 0.15) is 19.3 Å². The van der Waals surface area contributed by atoms with Gasteiger partial charge in [0.2, 0.25) is 10.0 Å². The number of hydrogen-bond acceptors (Lipinski definition) is 2. The van der Waals surface area contributed by atoms with Crippen LogP contribution in [0, 0.1) is 0 Å². The van der Waals surface area contributed by atoms with Gasteiger partial charge in [0, 0.05) is 6.54 Å². The number of rotatable bonds is 2. The summed E-state index contributed by atoms with van der Waals surface area (Å²) in [6.45, 7) is -0.0979. The minimum atomic E-state index is -4.55. The molecule has 0 spiro atoms. The summed E-state index contributed by atoms with van der Waals surface area (Å²) >= 11 is 0. The van der Waals surface area contributed by atoms with Crippen LogP contribution in [0.2, 0.25) is 0 Å². The van der Waals surface area contributed by atoms with E-state index in [1.807, 2.05) is 12.1 Å². The quantitative estimate of drug-likeness (QED) is 0.828. The minimum Gasteiger partial charge on any atom is -0.207 e. The average Bonchev–Trinajstić information content (AvgIpc) is 2.53. The van der Waals surface area contributed by atoms with Crippen molar-refractivity contribution in [3.8, 4) is 0 Å². The summed E-state index contributed by atoms with van der Waals surface area (Å²) < 4.78 is 65.6. The first-order valence-corrected chi connectivity index (χ1v) is 8.81. The fraction of sp³-hybridized carbons (Fsp3) is 0.375. The number of piperidine rings is 1. The highest BCUT2D eigenvalue weighted by atomic mass is 32.2. The van der Waals surface area contributed by atoms with Gasteiger partial charge in [-0.15, -0.1) is 0 Å². The van der Waals surface area contributed by atoms with Crippen LogP contribution >= 0.6 is 0 Å². The van der Waals surface area contributed by atoms with E-state index in [2.05, 4.69) is 0 Å². The predicted molar refractivity (Wildman–Crippen MR) is 81.5 cm³/mol. The lowest BCUT2D eigenvalue weighted by atomic mass is 10.0. The van der Waals surface area contributed by atoms with Gasteiger partial charge in [-0.3, -0.25) is 0 Å². The Bertz CT molecular complexity index is 817. The number of alkyl halides is 3. The van der Waals surface area contributed by atoms with E-state index in [0.29, 0.717) is 22.5 Å². The summed E-state index contributed by atoms with van der Waals surface area (Å²) in [7, 11) is -4.17. The maximum absolute atomic E-state index is 13.2. The maximum Gasteiger partial charge on any atom is 0.405 e. The van der Waals surface area contributed by atoms with Gasteiger partial charge in [0.15, 0.2) is 0 Å². The van der Waals surface area contributed by atoms with Crippen LogP contribution in [0.25, 0.3) is 10.8 Å². The van der Waals surface area contributed by atoms with Crippen molar-refractivity contribution in [1.29, 1.82) is 0 Å². The Balaban J connectivity index is 2.04. The molecule has 1 heterocycles. The van der Waals surface area contributed by atoms with Crippen molar-refractivity contribution in [3.63, 3.8) is 0 Å². The van der Waals surface area contributed by atoms with Crippen LogP contribution in [0.4, 0.5) is 13.2 Å². The van der Waals surface area contributed by atoms with Crippen molar-refractivity contribution < 1.29 is 21.6 Å². The highest BCUT2D eigenvalue weighted by Gasteiger charge is 2.49. The molecule has 0 amide bonds. The van der Waals surface area contributed by atoms with Gasteiger partial charge < -0.3 is 0 Å². The van der Waals surface area contributed by atoms with E-state index in [9.17, 15) is 21.6 Å². The van der Waals surface area contributed by atoms with E-state index in [1.54, 1.807) is 18.2 Å². The highest BCUT2D eigenvalue weighted by Crippen LogP contribution is 2.35. The lowest BCUT2D eigenvalue weighted by Crippen LogP contribution is -2.51. The molecule has 0 aliphatic carbocycles. The number of benzene rings is 2. The molecule has 0 N–H and O–H groups in total. The number of halogens is 3. The Morgan fingerprint density at radius 2 is 1.70 bits per heavy atom. The number of nitrogens with zero attached hydrogens (tertiary/aromatic N) is 1. The molecule has 1 aliphatic heterocycles. The average molecular weight is 343 g/mol. The second kappa shape index (κ2) is 5.79. The van der Waals surface area contributed by atoms with Crippen LogP contribution in [0.3, 0.4) is 0 Å². The Hall–Kier alpha value is -1.60. The third-order valence-corrected chi connectivity index (χ3v) is 6.06. The first kappa shape index (κ1) is 16.3. The van der Waals surface area contributed by atoms with Crippen LogP contribution in [-0.2, 0) is 10.0 Å². The van der Waals surface area contributed by atoms with Gasteiger partial charge in [0.1, 0.15) is 6.04 Å². The lowest BCUT2D eigenvalue weighted by Gasteiger charge is -2.35. The van der Waals surface area contributed by atoms with Gasteiger partial charge in [-0.05, 0) is 35.7 Å². The molecule has 1 saturated heterocycles. The smallest absolute Gasteiger partial charge is 0.207 e.